The van der Waals surface area contributed by atoms with Crippen molar-refractivity contribution in [1.29, 1.82) is 0 Å². The van der Waals surface area contributed by atoms with Gasteiger partial charge < -0.3 is 14.8 Å². The number of imidazole rings is 1. The average molecular weight is 470 g/mol. The Labute approximate surface area is 200 Å². The molecular formula is C26H23N5O4. The first-order chi connectivity index (χ1) is 17.0. The zero-order chi connectivity index (χ0) is 24.5. The molecular weight excluding hydrogens is 446 g/mol. The van der Waals surface area contributed by atoms with Crippen LogP contribution >= 0.6 is 0 Å². The van der Waals surface area contributed by atoms with Crippen LogP contribution in [0.4, 0.5) is 10.7 Å². The molecule has 0 unspecified atom stereocenters. The minimum absolute atomic E-state index is 0.221. The number of H-pyrrole nitrogens is 2. The molecule has 2 aromatic heterocycles. The van der Waals surface area contributed by atoms with Crippen LogP contribution in [0, 0.1) is 0 Å². The molecule has 35 heavy (non-hydrogen) atoms. The molecule has 1 amide bonds. The van der Waals surface area contributed by atoms with Gasteiger partial charge in [0.05, 0.1) is 29.2 Å². The van der Waals surface area contributed by atoms with Gasteiger partial charge in [-0.1, -0.05) is 30.3 Å². The standard InChI is InChI=1S/C26H23N5O4/c1-3-31(26(33)34)25-27-20-10-8-16(13-22(20)28-25)15-9-11-23(35-2)17(12-15)14-21-18-6-4-5-7-19(18)24(32)30-29-21/h4-13H,3,14H2,1-2H3,(H,27,28)(H,30,32)(H,33,34). The first-order valence-corrected chi connectivity index (χ1v) is 11.1. The summed E-state index contributed by atoms with van der Waals surface area (Å²) in [5.41, 5.74) is 4.76. The summed E-state index contributed by atoms with van der Waals surface area (Å²) in [5.74, 6) is 1.01. The predicted molar refractivity (Wildman–Crippen MR) is 134 cm³/mol. The second-order valence-electron chi connectivity index (χ2n) is 8.07. The number of amides is 1. The van der Waals surface area contributed by atoms with Crippen LogP contribution in [0.5, 0.6) is 5.75 Å². The second-order valence-corrected chi connectivity index (χ2v) is 8.07. The lowest BCUT2D eigenvalue weighted by Gasteiger charge is -2.12. The minimum Gasteiger partial charge on any atom is -0.496 e. The Morgan fingerprint density at radius 1 is 1.06 bits per heavy atom. The van der Waals surface area contributed by atoms with Gasteiger partial charge in [0.15, 0.2) is 0 Å². The maximum Gasteiger partial charge on any atom is 0.414 e. The van der Waals surface area contributed by atoms with Gasteiger partial charge >= 0.3 is 6.09 Å². The van der Waals surface area contributed by atoms with E-state index in [0.717, 1.165) is 43.9 Å². The molecule has 5 aromatic rings. The van der Waals surface area contributed by atoms with Crippen LogP contribution < -0.4 is 15.2 Å². The predicted octanol–water partition coefficient (Wildman–Crippen LogP) is 4.57. The summed E-state index contributed by atoms with van der Waals surface area (Å²) in [6.45, 7) is 2.05. The summed E-state index contributed by atoms with van der Waals surface area (Å²) in [6.07, 6.45) is -0.593. The van der Waals surface area contributed by atoms with Gasteiger partial charge in [-0.05, 0) is 48.4 Å². The van der Waals surface area contributed by atoms with Crippen molar-refractivity contribution in [3.05, 3.63) is 82.3 Å². The molecule has 5 rings (SSSR count). The number of ether oxygens (including phenoxy) is 1. The van der Waals surface area contributed by atoms with Crippen molar-refractivity contribution < 1.29 is 14.6 Å². The Kier molecular flexibility index (Phi) is 5.66. The molecule has 9 nitrogen and oxygen atoms in total. The van der Waals surface area contributed by atoms with E-state index in [0.29, 0.717) is 23.3 Å². The summed E-state index contributed by atoms with van der Waals surface area (Å²) in [5, 5.41) is 17.7. The Morgan fingerprint density at radius 2 is 1.80 bits per heavy atom. The summed E-state index contributed by atoms with van der Waals surface area (Å²) in [7, 11) is 1.62. The summed E-state index contributed by atoms with van der Waals surface area (Å²) >= 11 is 0. The van der Waals surface area contributed by atoms with E-state index in [2.05, 4.69) is 20.2 Å². The van der Waals surface area contributed by atoms with Gasteiger partial charge in [0.2, 0.25) is 5.95 Å². The van der Waals surface area contributed by atoms with Crippen molar-refractivity contribution in [2.24, 2.45) is 0 Å². The second kappa shape index (κ2) is 8.94. The summed E-state index contributed by atoms with van der Waals surface area (Å²) in [4.78, 5) is 32.3. The van der Waals surface area contributed by atoms with Gasteiger partial charge in [-0.25, -0.2) is 19.8 Å². The fourth-order valence-corrected chi connectivity index (χ4v) is 4.26. The van der Waals surface area contributed by atoms with Crippen molar-refractivity contribution in [1.82, 2.24) is 20.2 Å². The molecule has 3 aromatic carbocycles. The molecule has 2 heterocycles. The number of carbonyl (C=O) groups is 1. The molecule has 0 radical (unpaired) electrons. The number of benzene rings is 3. The molecule has 0 bridgehead atoms. The van der Waals surface area contributed by atoms with Crippen molar-refractivity contribution in [3.63, 3.8) is 0 Å². The average Bonchev–Trinajstić information content (AvgIpc) is 3.29. The number of aromatic amines is 2. The lowest BCUT2D eigenvalue weighted by atomic mass is 9.98. The lowest BCUT2D eigenvalue weighted by molar-refractivity contribution is 0.202. The van der Waals surface area contributed by atoms with Gasteiger partial charge in [0, 0.05) is 23.9 Å². The Hall–Kier alpha value is -4.66. The van der Waals surface area contributed by atoms with Crippen LogP contribution in [0.25, 0.3) is 32.9 Å². The quantitative estimate of drug-likeness (QED) is 0.335. The highest BCUT2D eigenvalue weighted by atomic mass is 16.5. The summed E-state index contributed by atoms with van der Waals surface area (Å²) in [6, 6.07) is 19.1. The van der Waals surface area contributed by atoms with Gasteiger partial charge in [-0.3, -0.25) is 4.79 Å². The smallest absolute Gasteiger partial charge is 0.414 e. The fourth-order valence-electron chi connectivity index (χ4n) is 4.26. The van der Waals surface area contributed by atoms with E-state index in [1.807, 2.05) is 54.6 Å². The van der Waals surface area contributed by atoms with E-state index < -0.39 is 6.09 Å². The number of aromatic nitrogens is 4. The molecule has 0 spiro atoms. The minimum atomic E-state index is -1.06. The van der Waals surface area contributed by atoms with Crippen LogP contribution in [-0.2, 0) is 6.42 Å². The maximum absolute atomic E-state index is 12.2. The number of nitrogens with zero attached hydrogens (tertiary/aromatic N) is 3. The van der Waals surface area contributed by atoms with Crippen LogP contribution in [0.2, 0.25) is 0 Å². The van der Waals surface area contributed by atoms with E-state index in [-0.39, 0.29) is 12.1 Å². The number of nitrogens with one attached hydrogen (secondary N) is 2. The molecule has 9 heteroatoms. The molecule has 0 saturated carbocycles. The number of hydrogen-bond acceptors (Lipinski definition) is 5. The number of rotatable bonds is 6. The molecule has 0 saturated heterocycles. The van der Waals surface area contributed by atoms with Crippen LogP contribution in [0.15, 0.2) is 65.5 Å². The zero-order valence-corrected chi connectivity index (χ0v) is 19.2. The first-order valence-electron chi connectivity index (χ1n) is 11.1. The zero-order valence-electron chi connectivity index (χ0n) is 19.2. The van der Waals surface area contributed by atoms with Gasteiger partial charge in [-0.15, -0.1) is 0 Å². The highest BCUT2D eigenvalue weighted by Gasteiger charge is 2.17. The third kappa shape index (κ3) is 4.08. The fraction of sp³-hybridized carbons (Fsp3) is 0.154. The van der Waals surface area contributed by atoms with E-state index in [1.165, 1.54) is 0 Å². The molecule has 0 aliphatic heterocycles. The van der Waals surface area contributed by atoms with Gasteiger partial charge in [0.1, 0.15) is 5.75 Å². The molecule has 0 aliphatic carbocycles. The highest BCUT2D eigenvalue weighted by molar-refractivity contribution is 5.89. The third-order valence-corrected chi connectivity index (χ3v) is 6.02. The lowest BCUT2D eigenvalue weighted by Crippen LogP contribution is -2.29. The van der Waals surface area contributed by atoms with Crippen molar-refractivity contribution >= 4 is 33.8 Å². The Morgan fingerprint density at radius 3 is 2.54 bits per heavy atom. The maximum atomic E-state index is 12.2. The summed E-state index contributed by atoms with van der Waals surface area (Å²) < 4.78 is 5.60. The number of methoxy groups -OCH3 is 1. The molecule has 0 atom stereocenters. The number of hydrogen-bond donors (Lipinski definition) is 3. The van der Waals surface area contributed by atoms with Crippen LogP contribution in [-0.4, -0.2) is 45.0 Å². The first kappa shape index (κ1) is 22.1. The molecule has 176 valence electrons. The van der Waals surface area contributed by atoms with E-state index in [4.69, 9.17) is 4.74 Å². The van der Waals surface area contributed by atoms with Gasteiger partial charge in [-0.2, -0.15) is 5.10 Å². The van der Waals surface area contributed by atoms with Crippen molar-refractivity contribution in [3.8, 4) is 16.9 Å². The van der Waals surface area contributed by atoms with E-state index >= 15 is 0 Å². The largest absolute Gasteiger partial charge is 0.496 e. The van der Waals surface area contributed by atoms with E-state index in [1.54, 1.807) is 20.1 Å². The van der Waals surface area contributed by atoms with E-state index in [9.17, 15) is 14.7 Å². The van der Waals surface area contributed by atoms with Gasteiger partial charge in [0.25, 0.3) is 5.56 Å². The van der Waals surface area contributed by atoms with Crippen molar-refractivity contribution in [2.75, 3.05) is 18.6 Å². The highest BCUT2D eigenvalue weighted by Crippen LogP contribution is 2.31. The monoisotopic (exact) mass is 469 g/mol. The Bertz CT molecular complexity index is 1620. The number of anilines is 1. The molecule has 0 fully saturated rings. The topological polar surface area (TPSA) is 124 Å². The van der Waals surface area contributed by atoms with Crippen molar-refractivity contribution in [2.45, 2.75) is 13.3 Å². The number of carboxylic acid groups (broad SMARTS) is 1. The number of fused-ring (bicyclic) bond motifs is 2. The molecule has 3 N–H and O–H groups in total. The Balaban J connectivity index is 1.54. The third-order valence-electron chi connectivity index (χ3n) is 6.02. The normalized spacial score (nSPS) is 11.1. The SMILES string of the molecule is CCN(C(=O)O)c1nc2ccc(-c3ccc(OC)c(Cc4n[nH]c(=O)c5ccccc45)c3)cc2[nH]1. The molecule has 0 aliphatic rings. The van der Waals surface area contributed by atoms with Crippen LogP contribution in [0.3, 0.4) is 0 Å². The van der Waals surface area contributed by atoms with Crippen LogP contribution in [0.1, 0.15) is 18.2 Å².